The smallest absolute Gasteiger partial charge is 0.308 e. The van der Waals surface area contributed by atoms with E-state index in [4.69, 9.17) is 9.47 Å². The summed E-state index contributed by atoms with van der Waals surface area (Å²) >= 11 is 0. The van der Waals surface area contributed by atoms with Gasteiger partial charge < -0.3 is 19.4 Å². The van der Waals surface area contributed by atoms with E-state index in [9.17, 15) is 4.79 Å². The molecule has 0 bridgehead atoms. The minimum absolute atomic E-state index is 0.0515. The number of rotatable bonds is 7. The van der Waals surface area contributed by atoms with Gasteiger partial charge in [0.1, 0.15) is 5.75 Å². The van der Waals surface area contributed by atoms with Gasteiger partial charge in [-0.3, -0.25) is 4.79 Å². The topological polar surface area (TPSA) is 54.6 Å². The van der Waals surface area contributed by atoms with Gasteiger partial charge in [-0.25, -0.2) is 0 Å². The largest absolute Gasteiger partial charge is 0.457 e. The van der Waals surface area contributed by atoms with E-state index in [0.717, 1.165) is 29.6 Å². The number of carbonyl (C=O) groups excluding carboxylic acids is 1. The number of hydrogen-bond acceptors (Lipinski definition) is 4. The molecular weight excluding hydrogens is 268 g/mol. The van der Waals surface area contributed by atoms with Gasteiger partial charge in [-0.1, -0.05) is 13.0 Å². The highest BCUT2D eigenvalue weighted by Crippen LogP contribution is 2.29. The van der Waals surface area contributed by atoms with Crippen molar-refractivity contribution >= 4 is 16.9 Å². The fourth-order valence-electron chi connectivity index (χ4n) is 2.14. The number of benzene rings is 1. The van der Waals surface area contributed by atoms with Crippen LogP contribution in [0.4, 0.5) is 0 Å². The molecule has 2 aromatic rings. The molecule has 0 aliphatic rings. The van der Waals surface area contributed by atoms with E-state index < -0.39 is 0 Å². The number of ether oxygens (including phenoxy) is 2. The molecule has 0 unspecified atom stereocenters. The van der Waals surface area contributed by atoms with E-state index >= 15 is 0 Å². The van der Waals surface area contributed by atoms with Crippen LogP contribution in [0.25, 0.3) is 10.9 Å². The van der Waals surface area contributed by atoms with Crippen molar-refractivity contribution in [3.05, 3.63) is 30.0 Å². The SMILES string of the molecule is CCC(=O)OCOc1cccc2[nH]cc(CCN(C)C)c12. The molecule has 114 valence electrons. The fourth-order valence-corrected chi connectivity index (χ4v) is 2.14. The lowest BCUT2D eigenvalue weighted by Crippen LogP contribution is -2.15. The molecule has 1 aromatic carbocycles. The normalized spacial score (nSPS) is 11.0. The predicted octanol–water partition coefficient (Wildman–Crippen LogP) is 2.56. The highest BCUT2D eigenvalue weighted by atomic mass is 16.7. The minimum Gasteiger partial charge on any atom is -0.457 e. The van der Waals surface area contributed by atoms with Crippen molar-refractivity contribution in [2.45, 2.75) is 19.8 Å². The molecule has 2 rings (SSSR count). The number of likely N-dealkylation sites (N-methyl/N-ethyl adjacent to an activating group) is 1. The summed E-state index contributed by atoms with van der Waals surface area (Å²) in [5.74, 6) is 0.482. The summed E-state index contributed by atoms with van der Waals surface area (Å²) in [4.78, 5) is 16.5. The third kappa shape index (κ3) is 3.98. The van der Waals surface area contributed by atoms with Crippen molar-refractivity contribution in [2.75, 3.05) is 27.4 Å². The van der Waals surface area contributed by atoms with Crippen molar-refractivity contribution in [1.82, 2.24) is 9.88 Å². The van der Waals surface area contributed by atoms with E-state index in [-0.39, 0.29) is 12.8 Å². The number of nitrogens with one attached hydrogen (secondary N) is 1. The average Bonchev–Trinajstić information content (AvgIpc) is 2.89. The lowest BCUT2D eigenvalue weighted by Gasteiger charge is -2.11. The molecule has 5 nitrogen and oxygen atoms in total. The van der Waals surface area contributed by atoms with Crippen LogP contribution in [0.15, 0.2) is 24.4 Å². The van der Waals surface area contributed by atoms with Crippen LogP contribution in [0.5, 0.6) is 5.75 Å². The van der Waals surface area contributed by atoms with Crippen molar-refractivity contribution in [3.63, 3.8) is 0 Å². The van der Waals surface area contributed by atoms with Crippen LogP contribution in [0, 0.1) is 0 Å². The first-order valence-corrected chi connectivity index (χ1v) is 7.14. The third-order valence-corrected chi connectivity index (χ3v) is 3.30. The number of fused-ring (bicyclic) bond motifs is 1. The maximum absolute atomic E-state index is 11.1. The molecule has 0 fully saturated rings. The molecule has 0 spiro atoms. The Labute approximate surface area is 124 Å². The summed E-state index contributed by atoms with van der Waals surface area (Å²) in [5.41, 5.74) is 2.24. The zero-order valence-corrected chi connectivity index (χ0v) is 12.8. The molecule has 0 saturated carbocycles. The first kappa shape index (κ1) is 15.4. The van der Waals surface area contributed by atoms with Crippen molar-refractivity contribution in [1.29, 1.82) is 0 Å². The Kier molecular flexibility index (Phi) is 5.22. The van der Waals surface area contributed by atoms with Gasteiger partial charge >= 0.3 is 5.97 Å². The van der Waals surface area contributed by atoms with Gasteiger partial charge in [0.15, 0.2) is 0 Å². The van der Waals surface area contributed by atoms with Gasteiger partial charge in [-0.05, 0) is 38.2 Å². The van der Waals surface area contributed by atoms with E-state index in [1.807, 2.05) is 24.4 Å². The number of aromatic nitrogens is 1. The maximum Gasteiger partial charge on any atom is 0.308 e. The van der Waals surface area contributed by atoms with Crippen LogP contribution >= 0.6 is 0 Å². The number of aromatic amines is 1. The zero-order chi connectivity index (χ0) is 15.2. The fraction of sp³-hybridized carbons (Fsp3) is 0.438. The Morgan fingerprint density at radius 3 is 2.86 bits per heavy atom. The van der Waals surface area contributed by atoms with Gasteiger partial charge in [-0.15, -0.1) is 0 Å². The van der Waals surface area contributed by atoms with Gasteiger partial charge in [0.2, 0.25) is 6.79 Å². The predicted molar refractivity (Wildman–Crippen MR) is 82.4 cm³/mol. The van der Waals surface area contributed by atoms with Crippen LogP contribution in [0.3, 0.4) is 0 Å². The number of hydrogen-bond donors (Lipinski definition) is 1. The summed E-state index contributed by atoms with van der Waals surface area (Å²) in [7, 11) is 4.10. The molecule has 0 amide bonds. The van der Waals surface area contributed by atoms with Crippen molar-refractivity contribution < 1.29 is 14.3 Å². The summed E-state index contributed by atoms with van der Waals surface area (Å²) in [6.45, 7) is 2.67. The van der Waals surface area contributed by atoms with Crippen LogP contribution in [0.2, 0.25) is 0 Å². The highest BCUT2D eigenvalue weighted by Gasteiger charge is 2.10. The van der Waals surface area contributed by atoms with Crippen LogP contribution < -0.4 is 4.74 Å². The average molecular weight is 290 g/mol. The van der Waals surface area contributed by atoms with Crippen LogP contribution in [0.1, 0.15) is 18.9 Å². The second kappa shape index (κ2) is 7.13. The zero-order valence-electron chi connectivity index (χ0n) is 12.8. The standard InChI is InChI=1S/C16H22N2O3/c1-4-15(19)21-11-20-14-7-5-6-13-16(14)12(10-17-13)8-9-18(2)3/h5-7,10,17H,4,8-9,11H2,1-3H3. The van der Waals surface area contributed by atoms with Crippen molar-refractivity contribution in [3.8, 4) is 5.75 Å². The van der Waals surface area contributed by atoms with Crippen molar-refractivity contribution in [2.24, 2.45) is 0 Å². The molecule has 0 radical (unpaired) electrons. The molecular formula is C16H22N2O3. The summed E-state index contributed by atoms with van der Waals surface area (Å²) in [6.07, 6.45) is 3.30. The summed E-state index contributed by atoms with van der Waals surface area (Å²) in [6, 6.07) is 5.83. The Morgan fingerprint density at radius 1 is 1.33 bits per heavy atom. The molecule has 0 atom stereocenters. The van der Waals surface area contributed by atoms with Gasteiger partial charge in [0.25, 0.3) is 0 Å². The first-order valence-electron chi connectivity index (χ1n) is 7.14. The Hall–Kier alpha value is -2.01. The number of carbonyl (C=O) groups is 1. The second-order valence-corrected chi connectivity index (χ2v) is 5.18. The molecule has 1 aromatic heterocycles. The van der Waals surface area contributed by atoms with E-state index in [1.54, 1.807) is 6.92 Å². The second-order valence-electron chi connectivity index (χ2n) is 5.18. The third-order valence-electron chi connectivity index (χ3n) is 3.30. The number of nitrogens with zero attached hydrogens (tertiary/aromatic N) is 1. The molecule has 1 N–H and O–H groups in total. The molecule has 5 heteroatoms. The van der Waals surface area contributed by atoms with Crippen LogP contribution in [-0.4, -0.2) is 43.3 Å². The van der Waals surface area contributed by atoms with E-state index in [2.05, 4.69) is 24.0 Å². The first-order chi connectivity index (χ1) is 10.1. The lowest BCUT2D eigenvalue weighted by atomic mass is 10.1. The van der Waals surface area contributed by atoms with E-state index in [0.29, 0.717) is 6.42 Å². The monoisotopic (exact) mass is 290 g/mol. The maximum atomic E-state index is 11.1. The van der Waals surface area contributed by atoms with Crippen LogP contribution in [-0.2, 0) is 16.0 Å². The van der Waals surface area contributed by atoms with Gasteiger partial charge in [0, 0.05) is 30.1 Å². The Bertz CT molecular complexity index is 605. The molecule has 0 aliphatic carbocycles. The number of H-pyrrole nitrogens is 1. The highest BCUT2D eigenvalue weighted by molar-refractivity contribution is 5.89. The Morgan fingerprint density at radius 2 is 2.14 bits per heavy atom. The summed E-state index contributed by atoms with van der Waals surface area (Å²) < 4.78 is 10.6. The molecule has 21 heavy (non-hydrogen) atoms. The summed E-state index contributed by atoms with van der Waals surface area (Å²) in [5, 5.41) is 1.06. The molecule has 0 aliphatic heterocycles. The lowest BCUT2D eigenvalue weighted by molar-refractivity contribution is -0.149. The van der Waals surface area contributed by atoms with Gasteiger partial charge in [0.05, 0.1) is 0 Å². The quantitative estimate of drug-likeness (QED) is 0.629. The number of esters is 1. The minimum atomic E-state index is -0.260. The van der Waals surface area contributed by atoms with Gasteiger partial charge in [-0.2, -0.15) is 0 Å². The van der Waals surface area contributed by atoms with E-state index in [1.165, 1.54) is 5.56 Å². The molecule has 0 saturated heterocycles. The molecule has 1 heterocycles. The Balaban J connectivity index is 2.14.